The van der Waals surface area contributed by atoms with Crippen molar-refractivity contribution in [1.82, 2.24) is 10.2 Å². The Morgan fingerprint density at radius 1 is 1.30 bits per heavy atom. The summed E-state index contributed by atoms with van der Waals surface area (Å²) < 4.78 is 5.30. The molecular weight excluding hydrogens is 319 g/mol. The smallest absolute Gasteiger partial charge is 0.137 e. The molecule has 0 saturated carbocycles. The molecule has 1 N–H and O–H groups in total. The molecule has 1 aromatic carbocycles. The molecule has 6 heteroatoms. The maximum Gasteiger partial charge on any atom is 0.137 e. The Balaban J connectivity index is 0.00000180. The molecule has 0 amide bonds. The van der Waals surface area contributed by atoms with E-state index in [2.05, 4.69) is 29.3 Å². The second kappa shape index (κ2) is 9.69. The van der Waals surface area contributed by atoms with Gasteiger partial charge in [0.05, 0.1) is 12.1 Å². The van der Waals surface area contributed by atoms with Crippen LogP contribution in [0, 0.1) is 0 Å². The highest BCUT2D eigenvalue weighted by Crippen LogP contribution is 2.31. The molecule has 0 bridgehead atoms. The Morgan fingerprint density at radius 3 is 2.50 bits per heavy atom. The molecule has 1 saturated heterocycles. The maximum absolute atomic E-state index is 6.08. The van der Waals surface area contributed by atoms with Crippen LogP contribution in [0.2, 0.25) is 5.02 Å². The third-order valence-electron chi connectivity index (χ3n) is 3.54. The van der Waals surface area contributed by atoms with Crippen LogP contribution in [0.1, 0.15) is 24.9 Å². The number of halogens is 3. The first-order chi connectivity index (χ1) is 8.76. The van der Waals surface area contributed by atoms with Gasteiger partial charge in [-0.1, -0.05) is 24.6 Å². The quantitative estimate of drug-likeness (QED) is 0.906. The molecular formula is C14H23Cl3N2O. The van der Waals surface area contributed by atoms with Crippen molar-refractivity contribution in [3.63, 3.8) is 0 Å². The Bertz CT molecular complexity index is 398. The molecule has 1 aromatic rings. The molecule has 116 valence electrons. The van der Waals surface area contributed by atoms with Crippen LogP contribution in [-0.4, -0.2) is 38.2 Å². The zero-order chi connectivity index (χ0) is 13.0. The molecule has 0 aromatic heterocycles. The number of methoxy groups -OCH3 is 1. The lowest BCUT2D eigenvalue weighted by molar-refractivity contribution is 0.169. The average molecular weight is 342 g/mol. The van der Waals surface area contributed by atoms with Crippen molar-refractivity contribution in [3.8, 4) is 5.75 Å². The standard InChI is InChI=1S/C14H21ClN2O.2ClH/c1-3-13(17-8-6-16-7-9-17)11-4-5-12(15)14(10-11)18-2;;/h4-5,10,13,16H,3,6-9H2,1-2H3;2*1H/t13-;;/m1../s1. The molecule has 0 radical (unpaired) electrons. The van der Waals surface area contributed by atoms with E-state index in [4.69, 9.17) is 16.3 Å². The highest BCUT2D eigenvalue weighted by molar-refractivity contribution is 6.32. The van der Waals surface area contributed by atoms with Gasteiger partial charge in [0.1, 0.15) is 5.75 Å². The lowest BCUT2D eigenvalue weighted by Gasteiger charge is -2.34. The van der Waals surface area contributed by atoms with E-state index in [-0.39, 0.29) is 24.8 Å². The second-order valence-corrected chi connectivity index (χ2v) is 5.01. The van der Waals surface area contributed by atoms with Crippen LogP contribution in [0.15, 0.2) is 18.2 Å². The van der Waals surface area contributed by atoms with Gasteiger partial charge < -0.3 is 10.1 Å². The van der Waals surface area contributed by atoms with Gasteiger partial charge in [-0.25, -0.2) is 0 Å². The molecule has 0 unspecified atom stereocenters. The van der Waals surface area contributed by atoms with Crippen LogP contribution in [0.5, 0.6) is 5.75 Å². The van der Waals surface area contributed by atoms with Crippen molar-refractivity contribution in [1.29, 1.82) is 0 Å². The van der Waals surface area contributed by atoms with E-state index in [9.17, 15) is 0 Å². The fourth-order valence-electron chi connectivity index (χ4n) is 2.58. The Labute approximate surface area is 138 Å². The molecule has 3 nitrogen and oxygen atoms in total. The number of piperazine rings is 1. The van der Waals surface area contributed by atoms with Crippen molar-refractivity contribution in [2.45, 2.75) is 19.4 Å². The van der Waals surface area contributed by atoms with Gasteiger partial charge in [0.25, 0.3) is 0 Å². The molecule has 1 atom stereocenters. The van der Waals surface area contributed by atoms with Gasteiger partial charge >= 0.3 is 0 Å². The molecule has 1 aliphatic heterocycles. The molecule has 1 aliphatic rings. The summed E-state index contributed by atoms with van der Waals surface area (Å²) in [5, 5.41) is 4.07. The van der Waals surface area contributed by atoms with Gasteiger partial charge in [-0.2, -0.15) is 0 Å². The van der Waals surface area contributed by atoms with Crippen LogP contribution in [0.25, 0.3) is 0 Å². The van der Waals surface area contributed by atoms with Crippen molar-refractivity contribution < 1.29 is 4.74 Å². The molecule has 1 fully saturated rings. The largest absolute Gasteiger partial charge is 0.495 e. The molecule has 0 spiro atoms. The van der Waals surface area contributed by atoms with Crippen molar-refractivity contribution in [2.24, 2.45) is 0 Å². The Morgan fingerprint density at radius 2 is 1.95 bits per heavy atom. The van der Waals surface area contributed by atoms with Gasteiger partial charge in [-0.05, 0) is 24.1 Å². The van der Waals surface area contributed by atoms with Crippen LogP contribution in [-0.2, 0) is 0 Å². The van der Waals surface area contributed by atoms with Gasteiger partial charge in [0, 0.05) is 32.2 Å². The van der Waals surface area contributed by atoms with Crippen molar-refractivity contribution in [3.05, 3.63) is 28.8 Å². The summed E-state index contributed by atoms with van der Waals surface area (Å²) in [6, 6.07) is 6.57. The minimum Gasteiger partial charge on any atom is -0.495 e. The Hall–Kier alpha value is -0.190. The van der Waals surface area contributed by atoms with Crippen LogP contribution in [0.4, 0.5) is 0 Å². The van der Waals surface area contributed by atoms with Gasteiger partial charge in [-0.15, -0.1) is 24.8 Å². The van der Waals surface area contributed by atoms with E-state index < -0.39 is 0 Å². The van der Waals surface area contributed by atoms with E-state index in [0.717, 1.165) is 38.3 Å². The summed E-state index contributed by atoms with van der Waals surface area (Å²) in [5.74, 6) is 0.766. The highest BCUT2D eigenvalue weighted by Gasteiger charge is 2.21. The van der Waals surface area contributed by atoms with Gasteiger partial charge in [-0.3, -0.25) is 4.90 Å². The number of rotatable bonds is 4. The lowest BCUT2D eigenvalue weighted by atomic mass is 10.0. The molecule has 20 heavy (non-hydrogen) atoms. The van der Waals surface area contributed by atoms with E-state index in [0.29, 0.717) is 11.1 Å². The topological polar surface area (TPSA) is 24.5 Å². The zero-order valence-corrected chi connectivity index (χ0v) is 14.3. The predicted molar refractivity (Wildman–Crippen MR) is 90.0 cm³/mol. The highest BCUT2D eigenvalue weighted by atomic mass is 35.5. The maximum atomic E-state index is 6.08. The summed E-state index contributed by atoms with van der Waals surface area (Å²) >= 11 is 6.08. The molecule has 0 aliphatic carbocycles. The van der Waals surface area contributed by atoms with Crippen LogP contribution >= 0.6 is 36.4 Å². The predicted octanol–water partition coefficient (Wildman–Crippen LogP) is 3.55. The molecule has 1 heterocycles. The Kier molecular flexibility index (Phi) is 9.60. The number of hydrogen-bond donors (Lipinski definition) is 1. The van der Waals surface area contributed by atoms with Crippen molar-refractivity contribution >= 4 is 36.4 Å². The first-order valence-electron chi connectivity index (χ1n) is 6.54. The van der Waals surface area contributed by atoms with Crippen LogP contribution in [0.3, 0.4) is 0 Å². The first kappa shape index (κ1) is 19.8. The lowest BCUT2D eigenvalue weighted by Crippen LogP contribution is -2.45. The average Bonchev–Trinajstić information content (AvgIpc) is 2.42. The summed E-state index contributed by atoms with van der Waals surface area (Å²) in [6.45, 7) is 6.57. The first-order valence-corrected chi connectivity index (χ1v) is 6.92. The molecule has 2 rings (SSSR count). The van der Waals surface area contributed by atoms with Gasteiger partial charge in [0.15, 0.2) is 0 Å². The fraction of sp³-hybridized carbons (Fsp3) is 0.571. The number of nitrogens with zero attached hydrogens (tertiary/aromatic N) is 1. The monoisotopic (exact) mass is 340 g/mol. The minimum atomic E-state index is 0. The minimum absolute atomic E-state index is 0. The summed E-state index contributed by atoms with van der Waals surface area (Å²) in [6.07, 6.45) is 1.10. The second-order valence-electron chi connectivity index (χ2n) is 4.60. The van der Waals surface area contributed by atoms with E-state index >= 15 is 0 Å². The third-order valence-corrected chi connectivity index (χ3v) is 3.85. The van der Waals surface area contributed by atoms with E-state index in [1.165, 1.54) is 5.56 Å². The van der Waals surface area contributed by atoms with E-state index in [1.807, 2.05) is 6.07 Å². The summed E-state index contributed by atoms with van der Waals surface area (Å²) in [5.41, 5.74) is 1.29. The van der Waals surface area contributed by atoms with E-state index in [1.54, 1.807) is 7.11 Å². The summed E-state index contributed by atoms with van der Waals surface area (Å²) in [4.78, 5) is 2.53. The SMILES string of the molecule is CC[C@H](c1ccc(Cl)c(OC)c1)N1CCNCC1.Cl.Cl. The van der Waals surface area contributed by atoms with Gasteiger partial charge in [0.2, 0.25) is 0 Å². The number of benzene rings is 1. The normalized spacial score (nSPS) is 16.8. The number of hydrogen-bond acceptors (Lipinski definition) is 3. The summed E-state index contributed by atoms with van der Waals surface area (Å²) in [7, 11) is 1.66. The van der Waals surface area contributed by atoms with Crippen LogP contribution < -0.4 is 10.1 Å². The fourth-order valence-corrected chi connectivity index (χ4v) is 2.78. The van der Waals surface area contributed by atoms with Crippen molar-refractivity contribution in [2.75, 3.05) is 33.3 Å². The number of nitrogens with one attached hydrogen (secondary N) is 1. The third kappa shape index (κ3) is 4.68. The zero-order valence-electron chi connectivity index (χ0n) is 11.9. The number of ether oxygens (including phenoxy) is 1.